The summed E-state index contributed by atoms with van der Waals surface area (Å²) >= 11 is 3.53. The Labute approximate surface area is 119 Å². The maximum absolute atomic E-state index is 11.7. The normalized spacial score (nSPS) is 18.2. The second-order valence-corrected chi connectivity index (χ2v) is 5.21. The smallest absolute Gasteiger partial charge is 0.264 e. The van der Waals surface area contributed by atoms with E-state index in [1.807, 2.05) is 17.0 Å². The highest BCUT2D eigenvalue weighted by atomic mass is 79.9. The van der Waals surface area contributed by atoms with E-state index in [1.54, 1.807) is 11.9 Å². The molecule has 0 saturated carbocycles. The fourth-order valence-corrected chi connectivity index (χ4v) is 3.08. The quantitative estimate of drug-likeness (QED) is 0.813. The number of carbonyl (C=O) groups excluding carboxylic acids is 1. The van der Waals surface area contributed by atoms with Gasteiger partial charge in [0.25, 0.3) is 5.91 Å². The van der Waals surface area contributed by atoms with E-state index in [0.29, 0.717) is 17.4 Å². The van der Waals surface area contributed by atoms with Crippen LogP contribution < -0.4 is 19.9 Å². The summed E-state index contributed by atoms with van der Waals surface area (Å²) in [5, 5.41) is 10.8. The van der Waals surface area contributed by atoms with Crippen LogP contribution in [0.3, 0.4) is 0 Å². The first-order chi connectivity index (χ1) is 9.09. The van der Waals surface area contributed by atoms with Crippen LogP contribution in [0.25, 0.3) is 0 Å². The molecule has 0 unspecified atom stereocenters. The molecule has 1 amide bonds. The molecule has 0 atom stereocenters. The Morgan fingerprint density at radius 2 is 2.26 bits per heavy atom. The minimum absolute atomic E-state index is 0.0658. The molecular weight excluding hydrogens is 312 g/mol. The Morgan fingerprint density at radius 3 is 2.95 bits per heavy atom. The molecule has 1 saturated heterocycles. The highest BCUT2D eigenvalue weighted by molar-refractivity contribution is 9.10. The fourth-order valence-electron chi connectivity index (χ4n) is 2.27. The van der Waals surface area contributed by atoms with Gasteiger partial charge in [-0.05, 0) is 28.1 Å². The van der Waals surface area contributed by atoms with Crippen molar-refractivity contribution in [1.82, 2.24) is 5.32 Å². The maximum atomic E-state index is 11.7. The molecule has 19 heavy (non-hydrogen) atoms. The summed E-state index contributed by atoms with van der Waals surface area (Å²) < 4.78 is 6.19. The Kier molecular flexibility index (Phi) is 2.85. The summed E-state index contributed by atoms with van der Waals surface area (Å²) in [4.78, 5) is 15.2. The molecule has 100 valence electrons. The Hall–Kier alpha value is -1.76. The van der Waals surface area contributed by atoms with E-state index in [-0.39, 0.29) is 12.5 Å². The lowest BCUT2D eigenvalue weighted by molar-refractivity contribution is -0.121. The maximum Gasteiger partial charge on any atom is 0.264 e. The predicted octanol–water partition coefficient (Wildman–Crippen LogP) is 1.15. The third-order valence-corrected chi connectivity index (χ3v) is 4.09. The van der Waals surface area contributed by atoms with Gasteiger partial charge < -0.3 is 19.9 Å². The zero-order chi connectivity index (χ0) is 13.6. The fraction of sp³-hybridized carbons (Fsp3) is 0.333. The molecule has 2 N–H and O–H groups in total. The predicted molar refractivity (Wildman–Crippen MR) is 76.1 cm³/mol. The first-order valence-corrected chi connectivity index (χ1v) is 6.70. The van der Waals surface area contributed by atoms with Crippen molar-refractivity contribution >= 4 is 39.2 Å². The summed E-state index contributed by atoms with van der Waals surface area (Å²) in [6, 6.07) is 3.73. The number of hydrogen-bond donors (Lipinski definition) is 2. The van der Waals surface area contributed by atoms with Crippen LogP contribution in [0.1, 0.15) is 0 Å². The lowest BCUT2D eigenvalue weighted by Crippen LogP contribution is -2.36. The minimum Gasteiger partial charge on any atom is -0.482 e. The highest BCUT2D eigenvalue weighted by Crippen LogP contribution is 2.43. The van der Waals surface area contributed by atoms with Gasteiger partial charge in [-0.2, -0.15) is 0 Å². The molecule has 0 aliphatic carbocycles. The van der Waals surface area contributed by atoms with Gasteiger partial charge in [-0.1, -0.05) is 0 Å². The standard InChI is InChI=1S/C12H13BrN4O2/c1-16-9(18)6-19-8-3-2-7(10(13)11(8)16)17-5-4-15-12(17)14/h2-3H,4-6H2,1H3,(H2,14,15). The Balaban J connectivity index is 2.09. The van der Waals surface area contributed by atoms with Crippen LogP contribution in [0.4, 0.5) is 11.4 Å². The van der Waals surface area contributed by atoms with Gasteiger partial charge in [-0.25, -0.2) is 0 Å². The number of likely N-dealkylation sites (N-methyl/N-ethyl adjacent to an activating group) is 1. The molecule has 2 heterocycles. The third kappa shape index (κ3) is 1.85. The summed E-state index contributed by atoms with van der Waals surface area (Å²) in [5.41, 5.74) is 1.58. The number of ether oxygens (including phenoxy) is 1. The number of hydrogen-bond acceptors (Lipinski definition) is 3. The highest BCUT2D eigenvalue weighted by Gasteiger charge is 2.29. The molecule has 1 aromatic rings. The second kappa shape index (κ2) is 4.41. The minimum atomic E-state index is -0.0834. The van der Waals surface area contributed by atoms with Gasteiger partial charge in [-0.3, -0.25) is 10.2 Å². The second-order valence-electron chi connectivity index (χ2n) is 4.41. The summed E-state index contributed by atoms with van der Waals surface area (Å²) in [5.74, 6) is 0.961. The van der Waals surface area contributed by atoms with E-state index in [1.165, 1.54) is 0 Å². The van der Waals surface area contributed by atoms with Crippen molar-refractivity contribution in [1.29, 1.82) is 5.41 Å². The van der Waals surface area contributed by atoms with Crippen LogP contribution in [0, 0.1) is 5.41 Å². The molecule has 7 heteroatoms. The number of anilines is 2. The number of nitrogens with one attached hydrogen (secondary N) is 2. The lowest BCUT2D eigenvalue weighted by atomic mass is 10.2. The summed E-state index contributed by atoms with van der Waals surface area (Å²) in [6.45, 7) is 1.54. The van der Waals surface area contributed by atoms with Crippen molar-refractivity contribution in [2.75, 3.05) is 36.5 Å². The van der Waals surface area contributed by atoms with Crippen LogP contribution >= 0.6 is 15.9 Å². The van der Waals surface area contributed by atoms with E-state index in [2.05, 4.69) is 21.2 Å². The van der Waals surface area contributed by atoms with Crippen LogP contribution in [-0.2, 0) is 4.79 Å². The van der Waals surface area contributed by atoms with Gasteiger partial charge in [-0.15, -0.1) is 0 Å². The van der Waals surface area contributed by atoms with E-state index >= 15 is 0 Å². The van der Waals surface area contributed by atoms with Crippen molar-refractivity contribution in [2.24, 2.45) is 0 Å². The largest absolute Gasteiger partial charge is 0.482 e. The molecular formula is C12H13BrN4O2. The average Bonchev–Trinajstić information content (AvgIpc) is 2.80. The molecule has 1 fully saturated rings. The molecule has 6 nitrogen and oxygen atoms in total. The molecule has 0 aromatic heterocycles. The topological polar surface area (TPSA) is 68.7 Å². The SMILES string of the molecule is CN1C(=O)COc2ccc(N3CCNC3=N)c(Br)c21. The van der Waals surface area contributed by atoms with Gasteiger partial charge in [0.1, 0.15) is 11.4 Å². The molecule has 0 radical (unpaired) electrons. The Morgan fingerprint density at radius 1 is 1.47 bits per heavy atom. The van der Waals surface area contributed by atoms with E-state index in [4.69, 9.17) is 10.1 Å². The van der Waals surface area contributed by atoms with E-state index in [0.717, 1.165) is 23.2 Å². The van der Waals surface area contributed by atoms with Crippen LogP contribution in [0.15, 0.2) is 16.6 Å². The van der Waals surface area contributed by atoms with Crippen LogP contribution in [0.2, 0.25) is 0 Å². The number of guanidine groups is 1. The Bertz CT molecular complexity index is 575. The number of amides is 1. The number of rotatable bonds is 1. The van der Waals surface area contributed by atoms with Crippen molar-refractivity contribution in [3.05, 3.63) is 16.6 Å². The van der Waals surface area contributed by atoms with Crippen LogP contribution in [-0.4, -0.2) is 38.6 Å². The number of fused-ring (bicyclic) bond motifs is 1. The summed E-state index contributed by atoms with van der Waals surface area (Å²) in [7, 11) is 1.73. The number of nitrogens with zero attached hydrogens (tertiary/aromatic N) is 2. The van der Waals surface area contributed by atoms with Crippen LogP contribution in [0.5, 0.6) is 5.75 Å². The van der Waals surface area contributed by atoms with Gasteiger partial charge in [0.05, 0.1) is 10.2 Å². The summed E-state index contributed by atoms with van der Waals surface area (Å²) in [6.07, 6.45) is 0. The van der Waals surface area contributed by atoms with Crippen molar-refractivity contribution in [2.45, 2.75) is 0 Å². The van der Waals surface area contributed by atoms with Gasteiger partial charge >= 0.3 is 0 Å². The molecule has 2 aliphatic rings. The zero-order valence-corrected chi connectivity index (χ0v) is 12.0. The number of halogens is 1. The van der Waals surface area contributed by atoms with E-state index in [9.17, 15) is 4.79 Å². The molecule has 0 spiro atoms. The van der Waals surface area contributed by atoms with Gasteiger partial charge in [0, 0.05) is 20.1 Å². The molecule has 1 aromatic carbocycles. The van der Waals surface area contributed by atoms with Gasteiger partial charge in [0.2, 0.25) is 0 Å². The molecule has 3 rings (SSSR count). The number of benzene rings is 1. The third-order valence-electron chi connectivity index (χ3n) is 3.31. The monoisotopic (exact) mass is 324 g/mol. The van der Waals surface area contributed by atoms with Crippen molar-refractivity contribution < 1.29 is 9.53 Å². The first kappa shape index (κ1) is 12.3. The first-order valence-electron chi connectivity index (χ1n) is 5.91. The lowest BCUT2D eigenvalue weighted by Gasteiger charge is -2.29. The van der Waals surface area contributed by atoms with Gasteiger partial charge in [0.15, 0.2) is 12.6 Å². The van der Waals surface area contributed by atoms with Crippen molar-refractivity contribution in [3.63, 3.8) is 0 Å². The average molecular weight is 325 g/mol. The molecule has 2 aliphatic heterocycles. The van der Waals surface area contributed by atoms with Crippen molar-refractivity contribution in [3.8, 4) is 5.75 Å². The number of carbonyl (C=O) groups is 1. The van der Waals surface area contributed by atoms with E-state index < -0.39 is 0 Å². The molecule has 0 bridgehead atoms. The zero-order valence-electron chi connectivity index (χ0n) is 10.4.